The molecule has 2 aromatic rings. The topological polar surface area (TPSA) is 15.3 Å². The number of benzene rings is 1. The van der Waals surface area contributed by atoms with E-state index in [1.807, 2.05) is 0 Å². The average molecular weight is 353 g/mol. The first kappa shape index (κ1) is 15.5. The maximum Gasteiger partial charge on any atom is 0.0519 e. The third-order valence-electron chi connectivity index (χ3n) is 3.13. The van der Waals surface area contributed by atoms with E-state index in [2.05, 4.69) is 82.8 Å². The molecule has 0 amide bonds. The van der Waals surface area contributed by atoms with Crippen molar-refractivity contribution in [3.63, 3.8) is 0 Å². The third kappa shape index (κ3) is 4.33. The van der Waals surface area contributed by atoms with Gasteiger partial charge in [-0.25, -0.2) is 0 Å². The van der Waals surface area contributed by atoms with E-state index in [0.717, 1.165) is 17.6 Å². The zero-order valence-electron chi connectivity index (χ0n) is 12.2. The van der Waals surface area contributed by atoms with Gasteiger partial charge in [0.25, 0.3) is 0 Å². The number of hydrogen-bond donors (Lipinski definition) is 1. The van der Waals surface area contributed by atoms with Crippen LogP contribution in [0.15, 0.2) is 40.2 Å². The molecule has 0 saturated carbocycles. The minimum Gasteiger partial charge on any atom is -0.369 e. The van der Waals surface area contributed by atoms with Crippen LogP contribution in [0.1, 0.15) is 24.3 Å². The van der Waals surface area contributed by atoms with Gasteiger partial charge < -0.3 is 10.2 Å². The van der Waals surface area contributed by atoms with Gasteiger partial charge in [0.2, 0.25) is 0 Å². The summed E-state index contributed by atoms with van der Waals surface area (Å²) in [6.07, 6.45) is 0. The molecule has 0 radical (unpaired) electrons. The predicted octanol–water partition coefficient (Wildman–Crippen LogP) is 4.65. The first-order valence-electron chi connectivity index (χ1n) is 6.81. The first-order valence-corrected chi connectivity index (χ1v) is 8.49. The first-order chi connectivity index (χ1) is 9.56. The Morgan fingerprint density at radius 1 is 1.30 bits per heavy atom. The van der Waals surface area contributed by atoms with E-state index in [1.54, 1.807) is 11.3 Å². The highest BCUT2D eigenvalue weighted by atomic mass is 79.9. The second-order valence-electron chi connectivity index (χ2n) is 5.24. The Morgan fingerprint density at radius 2 is 2.10 bits per heavy atom. The zero-order chi connectivity index (χ0) is 14.5. The van der Waals surface area contributed by atoms with Gasteiger partial charge in [0.1, 0.15) is 0 Å². The van der Waals surface area contributed by atoms with Crippen LogP contribution in [-0.4, -0.2) is 13.1 Å². The molecule has 2 nitrogen and oxygen atoms in total. The molecule has 0 bridgehead atoms. The van der Waals surface area contributed by atoms with E-state index in [1.165, 1.54) is 16.1 Å². The summed E-state index contributed by atoms with van der Waals surface area (Å²) < 4.78 is 1.12. The van der Waals surface area contributed by atoms with Gasteiger partial charge in [-0.1, -0.05) is 41.9 Å². The molecule has 0 aliphatic heterocycles. The van der Waals surface area contributed by atoms with Crippen LogP contribution in [0.25, 0.3) is 0 Å². The van der Waals surface area contributed by atoms with Crippen molar-refractivity contribution in [1.29, 1.82) is 0 Å². The molecular formula is C16H21BrN2S. The summed E-state index contributed by atoms with van der Waals surface area (Å²) in [5, 5.41) is 5.63. The summed E-state index contributed by atoms with van der Waals surface area (Å²) in [6, 6.07) is 11.3. The van der Waals surface area contributed by atoms with Crippen LogP contribution >= 0.6 is 27.3 Å². The average Bonchev–Trinajstić information content (AvgIpc) is 2.89. The Kier molecular flexibility index (Phi) is 5.64. The second kappa shape index (κ2) is 7.25. The molecule has 20 heavy (non-hydrogen) atoms. The molecular weight excluding hydrogens is 332 g/mol. The summed E-state index contributed by atoms with van der Waals surface area (Å²) in [5.74, 6) is 0. The second-order valence-corrected chi connectivity index (χ2v) is 7.19. The lowest BCUT2D eigenvalue weighted by Crippen LogP contribution is -2.24. The molecule has 1 aromatic heterocycles. The lowest BCUT2D eigenvalue weighted by Gasteiger charge is -2.23. The van der Waals surface area contributed by atoms with Gasteiger partial charge in [-0.2, -0.15) is 0 Å². The van der Waals surface area contributed by atoms with Gasteiger partial charge in [-0.05, 0) is 29.1 Å². The van der Waals surface area contributed by atoms with Crippen LogP contribution in [0, 0.1) is 0 Å². The quantitative estimate of drug-likeness (QED) is 0.814. The van der Waals surface area contributed by atoms with Gasteiger partial charge in [0.05, 0.1) is 6.54 Å². The van der Waals surface area contributed by atoms with Crippen LogP contribution in [0.5, 0.6) is 0 Å². The van der Waals surface area contributed by atoms with Crippen LogP contribution < -0.4 is 10.2 Å². The highest BCUT2D eigenvalue weighted by molar-refractivity contribution is 9.10. The van der Waals surface area contributed by atoms with E-state index in [-0.39, 0.29) is 0 Å². The van der Waals surface area contributed by atoms with Gasteiger partial charge in [-0.15, -0.1) is 11.3 Å². The van der Waals surface area contributed by atoms with Crippen molar-refractivity contribution >= 4 is 33.0 Å². The van der Waals surface area contributed by atoms with Crippen molar-refractivity contribution in [1.82, 2.24) is 5.32 Å². The van der Waals surface area contributed by atoms with E-state index in [4.69, 9.17) is 0 Å². The lowest BCUT2D eigenvalue weighted by molar-refractivity contribution is 0.588. The molecule has 0 aliphatic carbocycles. The molecule has 0 unspecified atom stereocenters. The van der Waals surface area contributed by atoms with Crippen molar-refractivity contribution in [2.45, 2.75) is 33.0 Å². The highest BCUT2D eigenvalue weighted by Crippen LogP contribution is 2.26. The van der Waals surface area contributed by atoms with Crippen molar-refractivity contribution in [3.8, 4) is 0 Å². The highest BCUT2D eigenvalue weighted by Gasteiger charge is 2.10. The summed E-state index contributed by atoms with van der Waals surface area (Å²) in [7, 11) is 2.15. The number of hydrogen-bond acceptors (Lipinski definition) is 3. The minimum atomic E-state index is 0.495. The predicted molar refractivity (Wildman–Crippen MR) is 92.5 cm³/mol. The number of nitrogens with zero attached hydrogens (tertiary/aromatic N) is 1. The Bertz CT molecular complexity index is 537. The van der Waals surface area contributed by atoms with Crippen molar-refractivity contribution in [3.05, 3.63) is 50.6 Å². The standard InChI is InChI=1S/C16H21BrN2S/c1-12(2)18-10-13-6-7-14(17)9-16(13)19(3)11-15-5-4-8-20-15/h4-9,12,18H,10-11H2,1-3H3. The van der Waals surface area contributed by atoms with Gasteiger partial charge >= 0.3 is 0 Å². The molecule has 108 valence electrons. The molecule has 0 saturated heterocycles. The smallest absolute Gasteiger partial charge is 0.0519 e. The van der Waals surface area contributed by atoms with Gasteiger partial charge in [0.15, 0.2) is 0 Å². The molecule has 0 fully saturated rings. The molecule has 2 rings (SSSR count). The summed E-state index contributed by atoms with van der Waals surface area (Å²) in [4.78, 5) is 3.70. The van der Waals surface area contributed by atoms with Crippen LogP contribution in [-0.2, 0) is 13.1 Å². The maximum absolute atomic E-state index is 3.58. The molecule has 4 heteroatoms. The van der Waals surface area contributed by atoms with Crippen LogP contribution in [0.3, 0.4) is 0 Å². The fourth-order valence-electron chi connectivity index (χ4n) is 2.08. The van der Waals surface area contributed by atoms with Crippen LogP contribution in [0.2, 0.25) is 0 Å². The van der Waals surface area contributed by atoms with E-state index >= 15 is 0 Å². The summed E-state index contributed by atoms with van der Waals surface area (Å²) in [5.41, 5.74) is 2.61. The zero-order valence-corrected chi connectivity index (χ0v) is 14.6. The van der Waals surface area contributed by atoms with Crippen LogP contribution in [0.4, 0.5) is 5.69 Å². The largest absolute Gasteiger partial charge is 0.369 e. The van der Waals surface area contributed by atoms with Gasteiger partial charge in [0, 0.05) is 34.7 Å². The van der Waals surface area contributed by atoms with E-state index < -0.39 is 0 Å². The number of nitrogens with one attached hydrogen (secondary N) is 1. The fourth-order valence-corrected chi connectivity index (χ4v) is 3.18. The Morgan fingerprint density at radius 3 is 2.75 bits per heavy atom. The van der Waals surface area contributed by atoms with Crippen molar-refractivity contribution < 1.29 is 0 Å². The monoisotopic (exact) mass is 352 g/mol. The lowest BCUT2D eigenvalue weighted by atomic mass is 10.1. The summed E-state index contributed by atoms with van der Waals surface area (Å²) >= 11 is 5.38. The molecule has 0 spiro atoms. The summed E-state index contributed by atoms with van der Waals surface area (Å²) in [6.45, 7) is 6.19. The molecule has 1 aromatic carbocycles. The Hall–Kier alpha value is -0.840. The molecule has 1 N–H and O–H groups in total. The Balaban J connectivity index is 2.17. The van der Waals surface area contributed by atoms with E-state index in [9.17, 15) is 0 Å². The van der Waals surface area contributed by atoms with Gasteiger partial charge in [-0.3, -0.25) is 0 Å². The SMILES string of the molecule is CC(C)NCc1ccc(Br)cc1N(C)Cc1cccs1. The normalized spacial score (nSPS) is 11.1. The molecule has 0 atom stereocenters. The number of halogens is 1. The molecule has 1 heterocycles. The Labute approximate surface area is 133 Å². The maximum atomic E-state index is 3.58. The molecule has 0 aliphatic rings. The van der Waals surface area contributed by atoms with Crippen molar-refractivity contribution in [2.75, 3.05) is 11.9 Å². The minimum absolute atomic E-state index is 0.495. The number of rotatable bonds is 6. The third-order valence-corrected chi connectivity index (χ3v) is 4.49. The number of thiophene rings is 1. The van der Waals surface area contributed by atoms with Crippen molar-refractivity contribution in [2.24, 2.45) is 0 Å². The van der Waals surface area contributed by atoms with E-state index in [0.29, 0.717) is 6.04 Å². The number of anilines is 1. The fraction of sp³-hybridized carbons (Fsp3) is 0.375.